The maximum atomic E-state index is 11.5. The molecule has 1 heteroatoms. The Morgan fingerprint density at radius 1 is 1.36 bits per heavy atom. The van der Waals surface area contributed by atoms with Crippen molar-refractivity contribution in [1.82, 2.24) is 0 Å². The number of hydrogen-bond donors (Lipinski definition) is 0. The Morgan fingerprint density at radius 2 is 1.82 bits per heavy atom. The van der Waals surface area contributed by atoms with Crippen LogP contribution in [0.3, 0.4) is 0 Å². The van der Waals surface area contributed by atoms with Crippen molar-refractivity contribution in [3.05, 3.63) is 12.2 Å². The molecule has 0 aliphatic heterocycles. The van der Waals surface area contributed by atoms with Crippen LogP contribution in [-0.2, 0) is 4.79 Å². The molecule has 0 heterocycles. The highest BCUT2D eigenvalue weighted by atomic mass is 16.1. The lowest BCUT2D eigenvalue weighted by molar-refractivity contribution is -0.122. The van der Waals surface area contributed by atoms with Crippen molar-refractivity contribution in [1.29, 1.82) is 0 Å². The Morgan fingerprint density at radius 3 is 2.09 bits per heavy atom. The van der Waals surface area contributed by atoms with Crippen LogP contribution in [0.25, 0.3) is 0 Å². The topological polar surface area (TPSA) is 17.1 Å². The van der Waals surface area contributed by atoms with Gasteiger partial charge in [-0.25, -0.2) is 0 Å². The molecule has 0 amide bonds. The lowest BCUT2D eigenvalue weighted by atomic mass is 9.85. The molecule has 0 aliphatic rings. The number of ketones is 1. The Hall–Kier alpha value is -0.590. The monoisotopic (exact) mass is 154 g/mol. The molecule has 0 fully saturated rings. The molecule has 0 radical (unpaired) electrons. The summed E-state index contributed by atoms with van der Waals surface area (Å²) in [7, 11) is 0. The zero-order valence-corrected chi connectivity index (χ0v) is 8.03. The van der Waals surface area contributed by atoms with Crippen LogP contribution in [0.4, 0.5) is 0 Å². The first kappa shape index (κ1) is 10.4. The minimum atomic E-state index is -0.258. The van der Waals surface area contributed by atoms with E-state index in [2.05, 4.69) is 13.5 Å². The summed E-state index contributed by atoms with van der Waals surface area (Å²) in [4.78, 5) is 11.5. The first-order valence-electron chi connectivity index (χ1n) is 4.12. The van der Waals surface area contributed by atoms with Gasteiger partial charge in [-0.15, -0.1) is 0 Å². The van der Waals surface area contributed by atoms with Crippen LogP contribution in [-0.4, -0.2) is 5.78 Å². The number of hydrogen-bond acceptors (Lipinski definition) is 1. The molecule has 0 aromatic carbocycles. The van der Waals surface area contributed by atoms with Crippen molar-refractivity contribution in [2.45, 2.75) is 40.5 Å². The fourth-order valence-corrected chi connectivity index (χ4v) is 0.946. The molecule has 0 unspecified atom stereocenters. The summed E-state index contributed by atoms with van der Waals surface area (Å²) in [6, 6.07) is 0. The Bertz CT molecular complexity index is 160. The molecule has 64 valence electrons. The fourth-order valence-electron chi connectivity index (χ4n) is 0.946. The number of carbonyl (C=O) groups excluding carboxylic acids is 1. The second-order valence-corrected chi connectivity index (χ2v) is 3.93. The molecule has 11 heavy (non-hydrogen) atoms. The molecule has 0 N–H and O–H groups in total. The summed E-state index contributed by atoms with van der Waals surface area (Å²) >= 11 is 0. The maximum Gasteiger partial charge on any atom is 0.163 e. The van der Waals surface area contributed by atoms with Gasteiger partial charge in [-0.2, -0.15) is 0 Å². The average Bonchev–Trinajstić information content (AvgIpc) is 1.85. The van der Waals surface area contributed by atoms with Crippen molar-refractivity contribution < 1.29 is 4.79 Å². The average molecular weight is 154 g/mol. The fraction of sp³-hybridized carbons (Fsp3) is 0.700. The SMILES string of the molecule is C=C(CCC)C(=O)C(C)(C)C. The number of carbonyl (C=O) groups is 1. The smallest absolute Gasteiger partial charge is 0.163 e. The summed E-state index contributed by atoms with van der Waals surface area (Å²) in [5, 5.41) is 0. The van der Waals surface area contributed by atoms with E-state index in [1.807, 2.05) is 20.8 Å². The Labute approximate surface area is 69.5 Å². The van der Waals surface area contributed by atoms with E-state index < -0.39 is 0 Å². The summed E-state index contributed by atoms with van der Waals surface area (Å²) in [5.41, 5.74) is 0.506. The lowest BCUT2D eigenvalue weighted by Gasteiger charge is -2.17. The molecule has 0 aromatic heterocycles. The Balaban J connectivity index is 4.15. The zero-order chi connectivity index (χ0) is 9.07. The summed E-state index contributed by atoms with van der Waals surface area (Å²) in [6.07, 6.45) is 1.83. The Kier molecular flexibility index (Phi) is 3.50. The normalized spacial score (nSPS) is 11.3. The molecule has 1 nitrogen and oxygen atoms in total. The predicted octanol–water partition coefficient (Wildman–Crippen LogP) is 2.96. The quantitative estimate of drug-likeness (QED) is 0.571. The number of Topliss-reactive ketones (excluding diaryl/α,β-unsaturated/α-hetero) is 1. The molecular weight excluding hydrogens is 136 g/mol. The molecule has 0 bridgehead atoms. The molecule has 0 saturated carbocycles. The van der Waals surface area contributed by atoms with Gasteiger partial charge in [0, 0.05) is 5.41 Å². The van der Waals surface area contributed by atoms with Gasteiger partial charge in [-0.05, 0) is 12.0 Å². The van der Waals surface area contributed by atoms with Gasteiger partial charge in [0.1, 0.15) is 0 Å². The van der Waals surface area contributed by atoms with Crippen molar-refractivity contribution in [3.63, 3.8) is 0 Å². The largest absolute Gasteiger partial charge is 0.294 e. The van der Waals surface area contributed by atoms with Crippen molar-refractivity contribution in [3.8, 4) is 0 Å². The van der Waals surface area contributed by atoms with E-state index in [9.17, 15) is 4.79 Å². The third-order valence-corrected chi connectivity index (χ3v) is 1.55. The van der Waals surface area contributed by atoms with Crippen molar-refractivity contribution in [2.24, 2.45) is 5.41 Å². The van der Waals surface area contributed by atoms with Crippen LogP contribution in [0.1, 0.15) is 40.5 Å². The second kappa shape index (κ2) is 3.70. The zero-order valence-electron chi connectivity index (χ0n) is 8.03. The minimum absolute atomic E-state index is 0.194. The highest BCUT2D eigenvalue weighted by Crippen LogP contribution is 2.21. The van der Waals surface area contributed by atoms with E-state index in [4.69, 9.17) is 0 Å². The van der Waals surface area contributed by atoms with Crippen LogP contribution in [0.15, 0.2) is 12.2 Å². The molecular formula is C10H18O. The van der Waals surface area contributed by atoms with E-state index >= 15 is 0 Å². The first-order valence-corrected chi connectivity index (χ1v) is 4.12. The third-order valence-electron chi connectivity index (χ3n) is 1.55. The molecule has 0 aliphatic carbocycles. The first-order chi connectivity index (χ1) is 4.89. The van der Waals surface area contributed by atoms with E-state index in [1.54, 1.807) is 0 Å². The second-order valence-electron chi connectivity index (χ2n) is 3.93. The standard InChI is InChI=1S/C10H18O/c1-6-7-8(2)9(11)10(3,4)5/h2,6-7H2,1,3-5H3. The predicted molar refractivity (Wildman–Crippen MR) is 48.5 cm³/mol. The van der Waals surface area contributed by atoms with Gasteiger partial charge >= 0.3 is 0 Å². The van der Waals surface area contributed by atoms with E-state index in [0.29, 0.717) is 0 Å². The molecule has 0 atom stereocenters. The van der Waals surface area contributed by atoms with Crippen LogP contribution >= 0.6 is 0 Å². The lowest BCUT2D eigenvalue weighted by Crippen LogP contribution is -2.21. The van der Waals surface area contributed by atoms with Gasteiger partial charge in [0.15, 0.2) is 5.78 Å². The number of allylic oxidation sites excluding steroid dienone is 1. The molecule has 0 aromatic rings. The van der Waals surface area contributed by atoms with Crippen LogP contribution in [0, 0.1) is 5.41 Å². The van der Waals surface area contributed by atoms with E-state index in [1.165, 1.54) is 0 Å². The van der Waals surface area contributed by atoms with Gasteiger partial charge in [-0.3, -0.25) is 4.79 Å². The van der Waals surface area contributed by atoms with Crippen LogP contribution < -0.4 is 0 Å². The highest BCUT2D eigenvalue weighted by Gasteiger charge is 2.22. The van der Waals surface area contributed by atoms with Crippen LogP contribution in [0.5, 0.6) is 0 Å². The van der Waals surface area contributed by atoms with Crippen LogP contribution in [0.2, 0.25) is 0 Å². The molecule has 0 rings (SSSR count). The minimum Gasteiger partial charge on any atom is -0.294 e. The molecule has 0 saturated heterocycles. The van der Waals surface area contributed by atoms with E-state index in [-0.39, 0.29) is 11.2 Å². The molecule has 0 spiro atoms. The summed E-state index contributed by atoms with van der Waals surface area (Å²) < 4.78 is 0. The number of rotatable bonds is 3. The summed E-state index contributed by atoms with van der Waals surface area (Å²) in [6.45, 7) is 11.6. The van der Waals surface area contributed by atoms with Gasteiger partial charge in [0.05, 0.1) is 0 Å². The third kappa shape index (κ3) is 3.35. The van der Waals surface area contributed by atoms with Gasteiger partial charge < -0.3 is 0 Å². The van der Waals surface area contributed by atoms with Crippen molar-refractivity contribution >= 4 is 5.78 Å². The van der Waals surface area contributed by atoms with E-state index in [0.717, 1.165) is 18.4 Å². The van der Waals surface area contributed by atoms with Crippen molar-refractivity contribution in [2.75, 3.05) is 0 Å². The van der Waals surface area contributed by atoms with Gasteiger partial charge in [-0.1, -0.05) is 40.7 Å². The maximum absolute atomic E-state index is 11.5. The highest BCUT2D eigenvalue weighted by molar-refractivity contribution is 5.98. The van der Waals surface area contributed by atoms with Gasteiger partial charge in [0.2, 0.25) is 0 Å². The summed E-state index contributed by atoms with van der Waals surface area (Å²) in [5.74, 6) is 0.194. The van der Waals surface area contributed by atoms with Gasteiger partial charge in [0.25, 0.3) is 0 Å².